The molecule has 0 fully saturated rings. The SMILES string of the molecule is Cc1ccc(-c2c(-c3ccc4c(c3)C(C)(C)c3cc5c(cc3-4)C(C)(C)c3cc4c(cc3-5)C(C)(C)c3cc(-c5ccc(-c6cc7ccccc7o6)cc5)ccc3-4)oc3ccccc23)cc1. The minimum Gasteiger partial charge on any atom is -0.456 e. The fourth-order valence-corrected chi connectivity index (χ4v) is 11.7. The molecule has 3 aliphatic rings. The topological polar surface area (TPSA) is 26.3 Å². The van der Waals surface area contributed by atoms with Crippen LogP contribution < -0.4 is 0 Å². The molecule has 0 aliphatic heterocycles. The third-order valence-electron chi connectivity index (χ3n) is 15.4. The average Bonchev–Trinajstić information content (AvgIpc) is 4.07. The van der Waals surface area contributed by atoms with Gasteiger partial charge in [0.15, 0.2) is 0 Å². The molecule has 0 bridgehead atoms. The highest BCUT2D eigenvalue weighted by atomic mass is 16.3. The van der Waals surface area contributed by atoms with E-state index in [9.17, 15) is 0 Å². The summed E-state index contributed by atoms with van der Waals surface area (Å²) in [7, 11) is 0. The summed E-state index contributed by atoms with van der Waals surface area (Å²) in [5.41, 5.74) is 26.0. The predicted octanol–water partition coefficient (Wildman–Crippen LogP) is 17.1. The molecule has 0 amide bonds. The summed E-state index contributed by atoms with van der Waals surface area (Å²) in [6.07, 6.45) is 0. The molecule has 64 heavy (non-hydrogen) atoms. The Balaban J connectivity index is 0.868. The van der Waals surface area contributed by atoms with Crippen molar-refractivity contribution in [1.82, 2.24) is 0 Å². The summed E-state index contributed by atoms with van der Waals surface area (Å²) in [4.78, 5) is 0. The van der Waals surface area contributed by atoms with Gasteiger partial charge in [-0.25, -0.2) is 0 Å². The Labute approximate surface area is 374 Å². The number of furan rings is 2. The van der Waals surface area contributed by atoms with E-state index in [1.807, 2.05) is 12.1 Å². The van der Waals surface area contributed by atoms with E-state index in [0.29, 0.717) is 0 Å². The fourth-order valence-electron chi connectivity index (χ4n) is 11.7. The molecule has 0 atom stereocenters. The van der Waals surface area contributed by atoms with E-state index in [2.05, 4.69) is 200 Å². The highest BCUT2D eigenvalue weighted by molar-refractivity contribution is 6.02. The molecule has 2 heteroatoms. The third-order valence-corrected chi connectivity index (χ3v) is 15.4. The standard InChI is InChI=1S/C62H48O2/c1-35-16-18-38(19-17-35)58-44-13-9-11-15-56(44)64-59(58)41-25-27-43-46-32-54-48(34-52(46)61(4,5)50(43)29-41)47-33-51-45(31-53(47)62(54,6)7)42-26-24-39(28-49(42)60(51,2)3)36-20-22-37(23-21-36)57-30-40-12-8-10-14-55(40)63-57/h8-34H,1-7H3. The van der Waals surface area contributed by atoms with Crippen molar-refractivity contribution in [1.29, 1.82) is 0 Å². The fraction of sp³-hybridized carbons (Fsp3) is 0.161. The van der Waals surface area contributed by atoms with Crippen LogP contribution in [0.2, 0.25) is 0 Å². The summed E-state index contributed by atoms with van der Waals surface area (Å²) in [5.74, 6) is 1.83. The van der Waals surface area contributed by atoms with Gasteiger partial charge in [0.2, 0.25) is 0 Å². The van der Waals surface area contributed by atoms with E-state index in [4.69, 9.17) is 8.83 Å². The molecule has 308 valence electrons. The first kappa shape index (κ1) is 37.4. The Hall–Kier alpha value is -7.16. The lowest BCUT2D eigenvalue weighted by Gasteiger charge is -2.25. The molecule has 0 N–H and O–H groups in total. The van der Waals surface area contributed by atoms with E-state index in [0.717, 1.165) is 50.1 Å². The Bertz CT molecular complexity index is 3590. The molecule has 2 heterocycles. The molecule has 0 unspecified atom stereocenters. The molecule has 0 saturated heterocycles. The van der Waals surface area contributed by atoms with E-state index >= 15 is 0 Å². The Morgan fingerprint density at radius 2 is 0.797 bits per heavy atom. The number of benzene rings is 8. The van der Waals surface area contributed by atoms with E-state index < -0.39 is 0 Å². The van der Waals surface area contributed by atoms with Gasteiger partial charge in [-0.3, -0.25) is 0 Å². The zero-order valence-electron chi connectivity index (χ0n) is 37.4. The first-order valence-corrected chi connectivity index (χ1v) is 22.7. The van der Waals surface area contributed by atoms with Crippen molar-refractivity contribution >= 4 is 21.9 Å². The first-order valence-electron chi connectivity index (χ1n) is 22.7. The molecule has 13 rings (SSSR count). The number of aryl methyl sites for hydroxylation is 1. The number of hydrogen-bond donors (Lipinski definition) is 0. The number of fused-ring (bicyclic) bond motifs is 11. The van der Waals surface area contributed by atoms with Crippen molar-refractivity contribution < 1.29 is 8.83 Å². The maximum Gasteiger partial charge on any atom is 0.143 e. The van der Waals surface area contributed by atoms with Crippen molar-refractivity contribution in [3.8, 4) is 78.3 Å². The quantitative estimate of drug-likeness (QED) is 0.177. The highest BCUT2D eigenvalue weighted by Gasteiger charge is 2.45. The summed E-state index contributed by atoms with van der Waals surface area (Å²) in [6, 6.07) is 60.7. The summed E-state index contributed by atoms with van der Waals surface area (Å²) in [5, 5.41) is 2.27. The van der Waals surface area contributed by atoms with Gasteiger partial charge in [-0.05, 0) is 145 Å². The Kier molecular flexibility index (Phi) is 7.44. The van der Waals surface area contributed by atoms with Crippen LogP contribution in [-0.2, 0) is 16.2 Å². The van der Waals surface area contributed by atoms with Gasteiger partial charge in [0.1, 0.15) is 22.7 Å². The second-order valence-corrected chi connectivity index (χ2v) is 20.2. The highest BCUT2D eigenvalue weighted by Crippen LogP contribution is 2.60. The van der Waals surface area contributed by atoms with Crippen LogP contribution in [0.1, 0.15) is 80.5 Å². The van der Waals surface area contributed by atoms with E-state index in [1.54, 1.807) is 0 Å². The summed E-state index contributed by atoms with van der Waals surface area (Å²) < 4.78 is 12.9. The van der Waals surface area contributed by atoms with Gasteiger partial charge in [-0.1, -0.05) is 156 Å². The molecule has 3 aliphatic carbocycles. The first-order chi connectivity index (χ1) is 30.9. The molecular weight excluding hydrogens is 777 g/mol. The van der Waals surface area contributed by atoms with Gasteiger partial charge in [0, 0.05) is 43.7 Å². The molecule has 8 aromatic carbocycles. The van der Waals surface area contributed by atoms with E-state index in [-0.39, 0.29) is 16.2 Å². The maximum atomic E-state index is 6.74. The predicted molar refractivity (Wildman–Crippen MR) is 265 cm³/mol. The number of rotatable bonds is 4. The van der Waals surface area contributed by atoms with Crippen LogP contribution in [0, 0.1) is 6.92 Å². The van der Waals surface area contributed by atoms with Crippen LogP contribution in [-0.4, -0.2) is 0 Å². The molecule has 0 radical (unpaired) electrons. The third kappa shape index (κ3) is 5.08. The summed E-state index contributed by atoms with van der Waals surface area (Å²) in [6.45, 7) is 16.6. The molecule has 10 aromatic rings. The average molecular weight is 825 g/mol. The zero-order valence-corrected chi connectivity index (χ0v) is 37.4. The monoisotopic (exact) mass is 824 g/mol. The summed E-state index contributed by atoms with van der Waals surface area (Å²) >= 11 is 0. The number of hydrogen-bond acceptors (Lipinski definition) is 2. The van der Waals surface area contributed by atoms with Gasteiger partial charge < -0.3 is 8.83 Å². The smallest absolute Gasteiger partial charge is 0.143 e. The van der Waals surface area contributed by atoms with Crippen molar-refractivity contribution in [2.45, 2.75) is 64.7 Å². The van der Waals surface area contributed by atoms with E-state index in [1.165, 1.54) is 89.0 Å². The minimum absolute atomic E-state index is 0.159. The minimum atomic E-state index is -0.203. The van der Waals surface area contributed by atoms with Crippen LogP contribution in [0.5, 0.6) is 0 Å². The van der Waals surface area contributed by atoms with Crippen LogP contribution in [0.25, 0.3) is 100 Å². The normalized spacial score (nSPS) is 15.5. The van der Waals surface area contributed by atoms with Crippen molar-refractivity contribution in [2.75, 3.05) is 0 Å². The molecule has 0 spiro atoms. The van der Waals surface area contributed by atoms with Crippen LogP contribution >= 0.6 is 0 Å². The second kappa shape index (κ2) is 12.7. The lowest BCUT2D eigenvalue weighted by Crippen LogP contribution is -2.17. The lowest BCUT2D eigenvalue weighted by atomic mass is 9.78. The lowest BCUT2D eigenvalue weighted by molar-refractivity contribution is 0.630. The second-order valence-electron chi connectivity index (χ2n) is 20.2. The molecule has 2 nitrogen and oxygen atoms in total. The number of para-hydroxylation sites is 2. The molecule has 0 saturated carbocycles. The van der Waals surface area contributed by atoms with Crippen molar-refractivity contribution in [2.24, 2.45) is 0 Å². The molecular formula is C62H48O2. The van der Waals surface area contributed by atoms with Gasteiger partial charge in [-0.15, -0.1) is 0 Å². The van der Waals surface area contributed by atoms with Crippen LogP contribution in [0.15, 0.2) is 173 Å². The van der Waals surface area contributed by atoms with Crippen molar-refractivity contribution in [3.05, 3.63) is 203 Å². The van der Waals surface area contributed by atoms with Gasteiger partial charge in [-0.2, -0.15) is 0 Å². The largest absolute Gasteiger partial charge is 0.456 e. The Morgan fingerprint density at radius 1 is 0.344 bits per heavy atom. The van der Waals surface area contributed by atoms with Gasteiger partial charge in [0.25, 0.3) is 0 Å². The van der Waals surface area contributed by atoms with Crippen molar-refractivity contribution in [3.63, 3.8) is 0 Å². The van der Waals surface area contributed by atoms with Gasteiger partial charge >= 0.3 is 0 Å². The molecule has 2 aromatic heterocycles. The van der Waals surface area contributed by atoms with Crippen LogP contribution in [0.4, 0.5) is 0 Å². The van der Waals surface area contributed by atoms with Gasteiger partial charge in [0.05, 0.1) is 0 Å². The van der Waals surface area contributed by atoms with Crippen LogP contribution in [0.3, 0.4) is 0 Å². The Morgan fingerprint density at radius 3 is 1.39 bits per heavy atom. The maximum absolute atomic E-state index is 6.74. The zero-order chi connectivity index (χ0) is 43.4.